The number of carbonyl (C=O) groups is 1. The van der Waals surface area contributed by atoms with E-state index in [-0.39, 0.29) is 24.7 Å². The number of benzene rings is 2. The molecule has 0 aromatic heterocycles. The highest BCUT2D eigenvalue weighted by Gasteiger charge is 2.39. The second kappa shape index (κ2) is 9.90. The number of hydrogen-bond donors (Lipinski definition) is 1. The predicted octanol–water partition coefficient (Wildman–Crippen LogP) is 4.36. The molecular weight excluding hydrogens is 437 g/mol. The molecule has 2 heterocycles. The van der Waals surface area contributed by atoms with E-state index in [0.717, 1.165) is 22.4 Å². The molecule has 2 aliphatic heterocycles. The van der Waals surface area contributed by atoms with Gasteiger partial charge in [0.25, 0.3) is 0 Å². The predicted molar refractivity (Wildman–Crippen MR) is 121 cm³/mol. The van der Waals surface area contributed by atoms with Crippen LogP contribution in [-0.2, 0) is 9.53 Å². The Hall–Kier alpha value is -2.61. The van der Waals surface area contributed by atoms with E-state index in [1.54, 1.807) is 13.0 Å². The highest BCUT2D eigenvalue weighted by molar-refractivity contribution is 5.85. The van der Waals surface area contributed by atoms with Crippen molar-refractivity contribution in [2.24, 2.45) is 0 Å². The number of para-hydroxylation sites is 1. The standard InChI is InChI=1S/C24H26FNO5.ClH/c1-16(29-2)30-22-8-7-17(13-20(22)25)19-14-24(31-21-6-4-3-5-18(19)21)9-11-26(12-10-24)15-23(27)28;/h3-8,13-14,16H,9-12,15H2,1-2H3,(H,27,28);1H. The van der Waals surface area contributed by atoms with Gasteiger partial charge in [-0.1, -0.05) is 24.3 Å². The normalized spacial score (nSPS) is 18.0. The number of halogens is 2. The Morgan fingerprint density at radius 3 is 2.62 bits per heavy atom. The number of fused-ring (bicyclic) bond motifs is 1. The molecular formula is C24H27ClFNO5. The Labute approximate surface area is 193 Å². The largest absolute Gasteiger partial charge is 0.482 e. The summed E-state index contributed by atoms with van der Waals surface area (Å²) in [6, 6.07) is 12.6. The van der Waals surface area contributed by atoms with Crippen LogP contribution in [0.4, 0.5) is 4.39 Å². The van der Waals surface area contributed by atoms with Crippen molar-refractivity contribution in [3.8, 4) is 11.5 Å². The summed E-state index contributed by atoms with van der Waals surface area (Å²) >= 11 is 0. The Bertz CT molecular complexity index is 1000. The van der Waals surface area contributed by atoms with Gasteiger partial charge in [0.2, 0.25) is 0 Å². The lowest BCUT2D eigenvalue weighted by Gasteiger charge is -2.42. The Morgan fingerprint density at radius 2 is 1.97 bits per heavy atom. The van der Waals surface area contributed by atoms with E-state index in [1.165, 1.54) is 13.2 Å². The van der Waals surface area contributed by atoms with E-state index < -0.39 is 23.7 Å². The number of carboxylic acids is 1. The molecule has 2 aromatic carbocycles. The molecule has 1 N–H and O–H groups in total. The van der Waals surface area contributed by atoms with Crippen molar-refractivity contribution in [3.63, 3.8) is 0 Å². The molecule has 2 aromatic rings. The van der Waals surface area contributed by atoms with Crippen LogP contribution in [0.15, 0.2) is 48.5 Å². The van der Waals surface area contributed by atoms with Gasteiger partial charge < -0.3 is 19.3 Å². The third-order valence-electron chi connectivity index (χ3n) is 5.83. The average molecular weight is 464 g/mol. The van der Waals surface area contributed by atoms with E-state index in [2.05, 4.69) is 6.08 Å². The number of ether oxygens (including phenoxy) is 3. The summed E-state index contributed by atoms with van der Waals surface area (Å²) < 4.78 is 31.7. The summed E-state index contributed by atoms with van der Waals surface area (Å²) in [7, 11) is 1.50. The first-order chi connectivity index (χ1) is 14.9. The van der Waals surface area contributed by atoms with Crippen LogP contribution in [0.3, 0.4) is 0 Å². The maximum Gasteiger partial charge on any atom is 0.317 e. The number of rotatable bonds is 6. The highest BCUT2D eigenvalue weighted by atomic mass is 35.5. The van der Waals surface area contributed by atoms with Crippen LogP contribution in [0.1, 0.15) is 30.9 Å². The van der Waals surface area contributed by atoms with E-state index in [9.17, 15) is 9.18 Å². The van der Waals surface area contributed by atoms with Gasteiger partial charge in [-0.15, -0.1) is 12.4 Å². The topological polar surface area (TPSA) is 68.2 Å². The molecule has 172 valence electrons. The maximum absolute atomic E-state index is 14.8. The molecule has 0 radical (unpaired) electrons. The fraction of sp³-hybridized carbons (Fsp3) is 0.375. The summed E-state index contributed by atoms with van der Waals surface area (Å²) in [5.41, 5.74) is 1.99. The van der Waals surface area contributed by atoms with E-state index >= 15 is 0 Å². The zero-order valence-electron chi connectivity index (χ0n) is 18.0. The first kappa shape index (κ1) is 24.0. The van der Waals surface area contributed by atoms with Crippen LogP contribution < -0.4 is 9.47 Å². The van der Waals surface area contributed by atoms with Crippen LogP contribution in [-0.4, -0.2) is 54.6 Å². The second-order valence-electron chi connectivity index (χ2n) is 7.96. The quantitative estimate of drug-likeness (QED) is 0.642. The summed E-state index contributed by atoms with van der Waals surface area (Å²) in [5.74, 6) is -0.407. The van der Waals surface area contributed by atoms with Gasteiger partial charge >= 0.3 is 5.97 Å². The van der Waals surface area contributed by atoms with Crippen molar-refractivity contribution in [2.75, 3.05) is 26.7 Å². The monoisotopic (exact) mass is 463 g/mol. The minimum atomic E-state index is -0.831. The van der Waals surface area contributed by atoms with Gasteiger partial charge in [-0.2, -0.15) is 0 Å². The van der Waals surface area contributed by atoms with Crippen LogP contribution in [0.5, 0.6) is 11.5 Å². The van der Waals surface area contributed by atoms with Gasteiger partial charge in [-0.25, -0.2) is 4.39 Å². The number of carboxylic acid groups (broad SMARTS) is 1. The van der Waals surface area contributed by atoms with E-state index in [0.29, 0.717) is 25.9 Å². The lowest BCUT2D eigenvalue weighted by molar-refractivity contribution is -0.139. The lowest BCUT2D eigenvalue weighted by Crippen LogP contribution is -2.49. The smallest absolute Gasteiger partial charge is 0.317 e. The van der Waals surface area contributed by atoms with Gasteiger partial charge in [0.1, 0.15) is 11.4 Å². The number of nitrogens with zero attached hydrogens (tertiary/aromatic N) is 1. The average Bonchev–Trinajstić information content (AvgIpc) is 2.76. The zero-order valence-corrected chi connectivity index (χ0v) is 18.9. The van der Waals surface area contributed by atoms with Crippen molar-refractivity contribution in [2.45, 2.75) is 31.7 Å². The molecule has 6 nitrogen and oxygen atoms in total. The first-order valence-electron chi connectivity index (χ1n) is 10.3. The van der Waals surface area contributed by atoms with Gasteiger partial charge in [0, 0.05) is 38.6 Å². The van der Waals surface area contributed by atoms with Crippen molar-refractivity contribution < 1.29 is 28.5 Å². The molecule has 32 heavy (non-hydrogen) atoms. The third-order valence-corrected chi connectivity index (χ3v) is 5.83. The molecule has 1 atom stereocenters. The SMILES string of the molecule is COC(C)Oc1ccc(C2=CC3(CCN(CC(=O)O)CC3)Oc3ccccc32)cc1F.Cl. The maximum atomic E-state index is 14.8. The highest BCUT2D eigenvalue weighted by Crippen LogP contribution is 2.43. The van der Waals surface area contributed by atoms with Crippen molar-refractivity contribution in [1.82, 2.24) is 4.90 Å². The second-order valence-corrected chi connectivity index (χ2v) is 7.96. The van der Waals surface area contributed by atoms with Crippen molar-refractivity contribution in [1.29, 1.82) is 0 Å². The third kappa shape index (κ3) is 5.06. The van der Waals surface area contributed by atoms with Crippen molar-refractivity contribution >= 4 is 23.9 Å². The zero-order chi connectivity index (χ0) is 22.0. The van der Waals surface area contributed by atoms with Gasteiger partial charge in [-0.05, 0) is 42.3 Å². The number of methoxy groups -OCH3 is 1. The molecule has 0 bridgehead atoms. The van der Waals surface area contributed by atoms with Gasteiger partial charge in [-0.3, -0.25) is 9.69 Å². The van der Waals surface area contributed by atoms with Crippen LogP contribution >= 0.6 is 12.4 Å². The summed E-state index contributed by atoms with van der Waals surface area (Å²) in [6.07, 6.45) is 2.84. The molecule has 4 rings (SSSR count). The van der Waals surface area contributed by atoms with E-state index in [1.807, 2.05) is 35.2 Å². The van der Waals surface area contributed by atoms with Crippen molar-refractivity contribution in [3.05, 3.63) is 65.5 Å². The molecule has 0 aliphatic carbocycles. The fourth-order valence-electron chi connectivity index (χ4n) is 4.12. The van der Waals surface area contributed by atoms with Crippen LogP contribution in [0.2, 0.25) is 0 Å². The summed E-state index contributed by atoms with van der Waals surface area (Å²) in [5, 5.41) is 9.07. The molecule has 2 aliphatic rings. The summed E-state index contributed by atoms with van der Waals surface area (Å²) in [4.78, 5) is 13.0. The first-order valence-corrected chi connectivity index (χ1v) is 10.3. The van der Waals surface area contributed by atoms with Gasteiger partial charge in [0.05, 0.1) is 6.54 Å². The van der Waals surface area contributed by atoms with Crippen LogP contribution in [0.25, 0.3) is 5.57 Å². The Morgan fingerprint density at radius 1 is 1.25 bits per heavy atom. The number of likely N-dealkylation sites (tertiary alicyclic amines) is 1. The molecule has 1 unspecified atom stereocenters. The van der Waals surface area contributed by atoms with Crippen LogP contribution in [0, 0.1) is 5.82 Å². The molecule has 8 heteroatoms. The summed E-state index contributed by atoms with van der Waals surface area (Å²) in [6.45, 7) is 2.96. The fourth-order valence-corrected chi connectivity index (χ4v) is 4.12. The minimum Gasteiger partial charge on any atom is -0.482 e. The van der Waals surface area contributed by atoms with E-state index in [4.69, 9.17) is 19.3 Å². The number of piperidine rings is 1. The molecule has 1 saturated heterocycles. The van der Waals surface area contributed by atoms with Gasteiger partial charge in [0.15, 0.2) is 17.9 Å². The lowest BCUT2D eigenvalue weighted by atomic mass is 9.83. The molecule has 1 spiro atoms. The number of hydrogen-bond acceptors (Lipinski definition) is 5. The Kier molecular flexibility index (Phi) is 7.44. The Balaban J connectivity index is 0.00000289. The molecule has 0 saturated carbocycles. The minimum absolute atomic E-state index is 0. The number of aliphatic carboxylic acids is 1. The molecule has 0 amide bonds. The molecule has 1 fully saturated rings.